The zero-order valence-corrected chi connectivity index (χ0v) is 7.97. The smallest absolute Gasteiger partial charge is 0.134 e. The first-order valence-corrected chi connectivity index (χ1v) is 4.76. The number of hydrogen-bond acceptors (Lipinski definition) is 3. The summed E-state index contributed by atoms with van der Waals surface area (Å²) in [5, 5.41) is 14.3. The van der Waals surface area contributed by atoms with Crippen LogP contribution in [0.15, 0.2) is 41.6 Å². The third-order valence-electron chi connectivity index (χ3n) is 2.66. The third-order valence-corrected chi connectivity index (χ3v) is 2.66. The van der Waals surface area contributed by atoms with Crippen molar-refractivity contribution in [2.45, 2.75) is 0 Å². The molecule has 3 nitrogen and oxygen atoms in total. The fraction of sp³-hybridized carbons (Fsp3) is 0.0833. The molecule has 0 amide bonds. The Morgan fingerprint density at radius 1 is 1.13 bits per heavy atom. The van der Waals surface area contributed by atoms with Crippen LogP contribution in [0.2, 0.25) is 0 Å². The molecule has 0 aliphatic carbocycles. The molecule has 0 spiro atoms. The van der Waals surface area contributed by atoms with E-state index in [2.05, 4.69) is 5.16 Å². The second-order valence-electron chi connectivity index (χ2n) is 3.50. The fourth-order valence-electron chi connectivity index (χ4n) is 1.97. The zero-order chi connectivity index (χ0) is 10.3. The number of ether oxygens (including phenoxy) is 1. The predicted molar refractivity (Wildman–Crippen MR) is 57.8 cm³/mol. The van der Waals surface area contributed by atoms with E-state index in [1.165, 1.54) is 0 Å². The standard InChI is InChI=1S/C12H9NO2/c14-13-10-7-15-11-6-5-8-3-1-2-4-9(8)12(10)11/h1-6,14H,7H2/b13-10+. The van der Waals surface area contributed by atoms with E-state index in [4.69, 9.17) is 9.94 Å². The van der Waals surface area contributed by atoms with Crippen molar-refractivity contribution in [3.8, 4) is 5.75 Å². The lowest BCUT2D eigenvalue weighted by Gasteiger charge is -2.02. The molecule has 2 aromatic rings. The van der Waals surface area contributed by atoms with Gasteiger partial charge < -0.3 is 9.94 Å². The molecule has 0 unspecified atom stereocenters. The van der Waals surface area contributed by atoms with Crippen LogP contribution in [0.4, 0.5) is 0 Å². The van der Waals surface area contributed by atoms with E-state index < -0.39 is 0 Å². The second kappa shape index (κ2) is 2.98. The van der Waals surface area contributed by atoms with Gasteiger partial charge in [0.2, 0.25) is 0 Å². The number of oxime groups is 1. The van der Waals surface area contributed by atoms with E-state index >= 15 is 0 Å². The van der Waals surface area contributed by atoms with Gasteiger partial charge in [0, 0.05) is 0 Å². The topological polar surface area (TPSA) is 41.8 Å². The Balaban J connectivity index is 2.43. The van der Waals surface area contributed by atoms with Crippen molar-refractivity contribution < 1.29 is 9.94 Å². The van der Waals surface area contributed by atoms with Gasteiger partial charge in [0.25, 0.3) is 0 Å². The van der Waals surface area contributed by atoms with E-state index in [0.29, 0.717) is 12.3 Å². The molecular formula is C12H9NO2. The highest BCUT2D eigenvalue weighted by molar-refractivity contribution is 6.15. The third kappa shape index (κ3) is 1.09. The van der Waals surface area contributed by atoms with E-state index in [9.17, 15) is 0 Å². The fourth-order valence-corrected chi connectivity index (χ4v) is 1.97. The van der Waals surface area contributed by atoms with Crippen LogP contribution in [0.3, 0.4) is 0 Å². The Morgan fingerprint density at radius 3 is 2.87 bits per heavy atom. The molecule has 0 bridgehead atoms. The highest BCUT2D eigenvalue weighted by Gasteiger charge is 2.22. The van der Waals surface area contributed by atoms with Crippen LogP contribution in [-0.2, 0) is 0 Å². The summed E-state index contributed by atoms with van der Waals surface area (Å²) >= 11 is 0. The second-order valence-corrected chi connectivity index (χ2v) is 3.50. The van der Waals surface area contributed by atoms with Crippen molar-refractivity contribution in [1.29, 1.82) is 0 Å². The zero-order valence-electron chi connectivity index (χ0n) is 7.97. The summed E-state index contributed by atoms with van der Waals surface area (Å²) in [7, 11) is 0. The van der Waals surface area contributed by atoms with Gasteiger partial charge in [0.1, 0.15) is 18.1 Å². The molecule has 1 heterocycles. The average molecular weight is 199 g/mol. The van der Waals surface area contributed by atoms with E-state index in [1.807, 2.05) is 36.4 Å². The largest absolute Gasteiger partial charge is 0.486 e. The molecule has 0 fully saturated rings. The van der Waals surface area contributed by atoms with Gasteiger partial charge in [0.05, 0.1) is 5.56 Å². The quantitative estimate of drug-likeness (QED) is 0.523. The summed E-state index contributed by atoms with van der Waals surface area (Å²) in [6, 6.07) is 11.9. The van der Waals surface area contributed by atoms with Gasteiger partial charge in [-0.1, -0.05) is 35.5 Å². The van der Waals surface area contributed by atoms with Crippen molar-refractivity contribution in [3.05, 3.63) is 42.0 Å². The SMILES string of the molecule is O/N=C1\COc2ccc3ccccc3c21. The Labute approximate surface area is 86.6 Å². The molecule has 15 heavy (non-hydrogen) atoms. The van der Waals surface area contributed by atoms with Crippen molar-refractivity contribution in [2.75, 3.05) is 6.61 Å². The van der Waals surface area contributed by atoms with Crippen molar-refractivity contribution >= 4 is 16.5 Å². The maximum atomic E-state index is 8.88. The maximum Gasteiger partial charge on any atom is 0.134 e. The first kappa shape index (κ1) is 8.29. The normalized spacial score (nSPS) is 16.7. The van der Waals surface area contributed by atoms with Gasteiger partial charge in [-0.15, -0.1) is 0 Å². The molecule has 0 saturated carbocycles. The van der Waals surface area contributed by atoms with Crippen LogP contribution in [0.5, 0.6) is 5.75 Å². The molecule has 0 atom stereocenters. The minimum Gasteiger partial charge on any atom is -0.486 e. The Kier molecular flexibility index (Phi) is 1.65. The molecule has 0 saturated heterocycles. The van der Waals surface area contributed by atoms with Gasteiger partial charge in [0.15, 0.2) is 0 Å². The van der Waals surface area contributed by atoms with Gasteiger partial charge in [-0.2, -0.15) is 0 Å². The van der Waals surface area contributed by atoms with Crippen molar-refractivity contribution in [2.24, 2.45) is 5.16 Å². The number of fused-ring (bicyclic) bond motifs is 3. The Hall–Kier alpha value is -2.03. The molecule has 0 aromatic heterocycles. The first-order valence-electron chi connectivity index (χ1n) is 4.76. The van der Waals surface area contributed by atoms with Crippen LogP contribution in [0, 0.1) is 0 Å². The molecular weight excluding hydrogens is 190 g/mol. The minimum absolute atomic E-state index is 0.347. The molecule has 1 N–H and O–H groups in total. The maximum absolute atomic E-state index is 8.88. The first-order chi connectivity index (χ1) is 7.40. The van der Waals surface area contributed by atoms with Crippen LogP contribution < -0.4 is 4.74 Å². The summed E-state index contributed by atoms with van der Waals surface area (Å²) in [4.78, 5) is 0. The van der Waals surface area contributed by atoms with Crippen LogP contribution >= 0.6 is 0 Å². The highest BCUT2D eigenvalue weighted by Crippen LogP contribution is 2.32. The Bertz CT molecular complexity index is 561. The predicted octanol–water partition coefficient (Wildman–Crippen LogP) is 2.41. The molecule has 1 aliphatic rings. The lowest BCUT2D eigenvalue weighted by molar-refractivity contribution is 0.313. The molecule has 2 aromatic carbocycles. The molecule has 0 radical (unpaired) electrons. The number of hydrogen-bond donors (Lipinski definition) is 1. The summed E-state index contributed by atoms with van der Waals surface area (Å²) in [6.07, 6.45) is 0. The molecule has 3 rings (SSSR count). The van der Waals surface area contributed by atoms with E-state index in [0.717, 1.165) is 22.1 Å². The number of nitrogens with zero attached hydrogens (tertiary/aromatic N) is 1. The van der Waals surface area contributed by atoms with Crippen LogP contribution in [-0.4, -0.2) is 17.5 Å². The summed E-state index contributed by atoms with van der Waals surface area (Å²) < 4.78 is 5.42. The van der Waals surface area contributed by atoms with Crippen molar-refractivity contribution in [3.63, 3.8) is 0 Å². The van der Waals surface area contributed by atoms with Crippen LogP contribution in [0.25, 0.3) is 10.8 Å². The highest BCUT2D eigenvalue weighted by atomic mass is 16.5. The Morgan fingerprint density at radius 2 is 2.00 bits per heavy atom. The van der Waals surface area contributed by atoms with Crippen LogP contribution in [0.1, 0.15) is 5.56 Å². The van der Waals surface area contributed by atoms with Gasteiger partial charge in [-0.25, -0.2) is 0 Å². The minimum atomic E-state index is 0.347. The summed E-state index contributed by atoms with van der Waals surface area (Å²) in [6.45, 7) is 0.347. The van der Waals surface area contributed by atoms with Gasteiger partial charge >= 0.3 is 0 Å². The summed E-state index contributed by atoms with van der Waals surface area (Å²) in [5.74, 6) is 0.793. The molecule has 3 heteroatoms. The molecule has 74 valence electrons. The number of rotatable bonds is 0. The van der Waals surface area contributed by atoms with Gasteiger partial charge in [-0.05, 0) is 16.8 Å². The van der Waals surface area contributed by atoms with E-state index in [1.54, 1.807) is 0 Å². The monoisotopic (exact) mass is 199 g/mol. The van der Waals surface area contributed by atoms with Crippen molar-refractivity contribution in [1.82, 2.24) is 0 Å². The number of benzene rings is 2. The lowest BCUT2D eigenvalue weighted by atomic mass is 10.0. The summed E-state index contributed by atoms with van der Waals surface area (Å²) in [5.41, 5.74) is 1.51. The van der Waals surface area contributed by atoms with Gasteiger partial charge in [-0.3, -0.25) is 0 Å². The lowest BCUT2D eigenvalue weighted by Crippen LogP contribution is -2.02. The van der Waals surface area contributed by atoms with E-state index in [-0.39, 0.29) is 0 Å². The average Bonchev–Trinajstić information content (AvgIpc) is 2.72. The molecule has 1 aliphatic heterocycles.